The molecule has 0 aromatic heterocycles. The van der Waals surface area contributed by atoms with Crippen LogP contribution >= 0.6 is 11.6 Å². The number of benzene rings is 2. The second-order valence-electron chi connectivity index (χ2n) is 4.90. The number of halogens is 1. The van der Waals surface area contributed by atoms with Crippen molar-refractivity contribution in [2.45, 2.75) is 6.54 Å². The van der Waals surface area contributed by atoms with E-state index in [0.29, 0.717) is 23.0 Å². The van der Waals surface area contributed by atoms with Crippen LogP contribution in [0.25, 0.3) is 0 Å². The summed E-state index contributed by atoms with van der Waals surface area (Å²) >= 11 is 5.80. The number of hydrogen-bond donors (Lipinski definition) is 2. The molecule has 0 spiro atoms. The Morgan fingerprint density at radius 1 is 1.25 bits per heavy atom. The van der Waals surface area contributed by atoms with Crippen molar-refractivity contribution in [2.75, 3.05) is 19.0 Å². The van der Waals surface area contributed by atoms with Gasteiger partial charge in [-0.3, -0.25) is 14.9 Å². The molecular formula is C16H16ClN3O4. The van der Waals surface area contributed by atoms with Crippen molar-refractivity contribution in [1.29, 1.82) is 0 Å². The molecule has 0 fully saturated rings. The van der Waals surface area contributed by atoms with Crippen LogP contribution in [0.3, 0.4) is 0 Å². The van der Waals surface area contributed by atoms with E-state index >= 15 is 0 Å². The number of carbonyl (C=O) groups excluding carboxylic acids is 1. The largest absolute Gasteiger partial charge is 0.495 e. The Labute approximate surface area is 143 Å². The quantitative estimate of drug-likeness (QED) is 0.592. The highest BCUT2D eigenvalue weighted by molar-refractivity contribution is 6.30. The molecule has 0 heterocycles. The van der Waals surface area contributed by atoms with E-state index in [-0.39, 0.29) is 18.1 Å². The molecule has 1 amide bonds. The molecule has 0 aliphatic rings. The van der Waals surface area contributed by atoms with Crippen molar-refractivity contribution >= 4 is 28.9 Å². The van der Waals surface area contributed by atoms with E-state index in [9.17, 15) is 14.9 Å². The van der Waals surface area contributed by atoms with E-state index in [1.807, 2.05) is 12.1 Å². The molecule has 0 unspecified atom stereocenters. The summed E-state index contributed by atoms with van der Waals surface area (Å²) in [5.41, 5.74) is 1.22. The maximum atomic E-state index is 11.9. The summed E-state index contributed by atoms with van der Waals surface area (Å²) in [5, 5.41) is 17.0. The van der Waals surface area contributed by atoms with Crippen LogP contribution in [0.4, 0.5) is 11.4 Å². The minimum atomic E-state index is -0.509. The summed E-state index contributed by atoms with van der Waals surface area (Å²) in [6.07, 6.45) is 0. The van der Waals surface area contributed by atoms with Gasteiger partial charge in [-0.15, -0.1) is 0 Å². The van der Waals surface area contributed by atoms with Crippen LogP contribution < -0.4 is 15.4 Å². The Morgan fingerprint density at radius 3 is 2.58 bits per heavy atom. The molecule has 0 atom stereocenters. The maximum absolute atomic E-state index is 11.9. The lowest BCUT2D eigenvalue weighted by atomic mass is 10.2. The highest BCUT2D eigenvalue weighted by atomic mass is 35.5. The number of methoxy groups -OCH3 is 1. The van der Waals surface area contributed by atoms with E-state index in [1.54, 1.807) is 12.1 Å². The number of hydrogen-bond acceptors (Lipinski definition) is 5. The summed E-state index contributed by atoms with van der Waals surface area (Å²) in [6.45, 7) is 0.328. The highest BCUT2D eigenvalue weighted by Crippen LogP contribution is 2.28. The van der Waals surface area contributed by atoms with Crippen molar-refractivity contribution in [3.8, 4) is 5.75 Å². The van der Waals surface area contributed by atoms with E-state index < -0.39 is 4.92 Å². The normalized spacial score (nSPS) is 10.1. The third-order valence-corrected chi connectivity index (χ3v) is 3.49. The molecule has 0 saturated heterocycles. The van der Waals surface area contributed by atoms with E-state index in [2.05, 4.69) is 10.6 Å². The number of anilines is 1. The lowest BCUT2D eigenvalue weighted by molar-refractivity contribution is -0.384. The first-order valence-electron chi connectivity index (χ1n) is 7.07. The lowest BCUT2D eigenvalue weighted by Gasteiger charge is -2.11. The van der Waals surface area contributed by atoms with Crippen molar-refractivity contribution in [3.05, 3.63) is 63.2 Å². The van der Waals surface area contributed by atoms with Gasteiger partial charge in [-0.05, 0) is 23.8 Å². The Bertz CT molecular complexity index is 735. The Hall–Kier alpha value is -2.80. The molecule has 126 valence electrons. The van der Waals surface area contributed by atoms with E-state index in [0.717, 1.165) is 5.56 Å². The molecule has 0 aliphatic carbocycles. The van der Waals surface area contributed by atoms with Gasteiger partial charge >= 0.3 is 0 Å². The predicted octanol–water partition coefficient (Wildman–Crippen LogP) is 2.99. The maximum Gasteiger partial charge on any atom is 0.271 e. The SMILES string of the molecule is COc1ccc([N+](=O)[O-])cc1NCC(=O)NCc1ccc(Cl)cc1. The number of nitrogens with zero attached hydrogens (tertiary/aromatic N) is 1. The zero-order valence-electron chi connectivity index (χ0n) is 12.9. The number of carbonyl (C=O) groups is 1. The molecule has 0 aliphatic heterocycles. The summed E-state index contributed by atoms with van der Waals surface area (Å²) in [5.74, 6) is 0.171. The number of non-ortho nitro benzene ring substituents is 1. The smallest absolute Gasteiger partial charge is 0.271 e. The zero-order chi connectivity index (χ0) is 17.5. The molecule has 2 rings (SSSR count). The van der Waals surface area contributed by atoms with Crippen LogP contribution in [0.2, 0.25) is 5.02 Å². The van der Waals surface area contributed by atoms with Crippen LogP contribution in [-0.2, 0) is 11.3 Å². The first kappa shape index (κ1) is 17.6. The van der Waals surface area contributed by atoms with Gasteiger partial charge < -0.3 is 15.4 Å². The van der Waals surface area contributed by atoms with Gasteiger partial charge in [0, 0.05) is 23.7 Å². The topological polar surface area (TPSA) is 93.5 Å². The average Bonchev–Trinajstić information content (AvgIpc) is 2.59. The second-order valence-corrected chi connectivity index (χ2v) is 5.33. The summed E-state index contributed by atoms with van der Waals surface area (Å²) in [4.78, 5) is 22.2. The number of nitro benzene ring substituents is 1. The predicted molar refractivity (Wildman–Crippen MR) is 91.4 cm³/mol. The highest BCUT2D eigenvalue weighted by Gasteiger charge is 2.12. The third-order valence-electron chi connectivity index (χ3n) is 3.24. The van der Waals surface area contributed by atoms with Gasteiger partial charge in [-0.2, -0.15) is 0 Å². The molecule has 0 radical (unpaired) electrons. The van der Waals surface area contributed by atoms with Gasteiger partial charge in [-0.25, -0.2) is 0 Å². The fourth-order valence-electron chi connectivity index (χ4n) is 1.99. The molecule has 2 N–H and O–H groups in total. The number of ether oxygens (including phenoxy) is 1. The number of nitro groups is 1. The van der Waals surface area contributed by atoms with Gasteiger partial charge in [0.05, 0.1) is 24.3 Å². The lowest BCUT2D eigenvalue weighted by Crippen LogP contribution is -2.29. The number of nitrogens with one attached hydrogen (secondary N) is 2. The third kappa shape index (κ3) is 4.85. The van der Waals surface area contributed by atoms with Gasteiger partial charge in [0.1, 0.15) is 5.75 Å². The fraction of sp³-hybridized carbons (Fsp3) is 0.188. The molecule has 8 heteroatoms. The molecule has 2 aromatic rings. The monoisotopic (exact) mass is 349 g/mol. The van der Waals surface area contributed by atoms with Crippen molar-refractivity contribution in [3.63, 3.8) is 0 Å². The first-order valence-corrected chi connectivity index (χ1v) is 7.45. The number of rotatable bonds is 7. The summed E-state index contributed by atoms with van der Waals surface area (Å²) in [7, 11) is 1.45. The van der Waals surface area contributed by atoms with Gasteiger partial charge in [0.2, 0.25) is 5.91 Å². The van der Waals surface area contributed by atoms with Crippen molar-refractivity contribution < 1.29 is 14.5 Å². The van der Waals surface area contributed by atoms with Crippen LogP contribution in [-0.4, -0.2) is 24.5 Å². The van der Waals surface area contributed by atoms with Crippen molar-refractivity contribution in [2.24, 2.45) is 0 Å². The number of amides is 1. The Morgan fingerprint density at radius 2 is 1.96 bits per heavy atom. The molecular weight excluding hydrogens is 334 g/mol. The minimum Gasteiger partial charge on any atom is -0.495 e. The van der Waals surface area contributed by atoms with Crippen LogP contribution in [0.1, 0.15) is 5.56 Å². The molecule has 24 heavy (non-hydrogen) atoms. The Balaban J connectivity index is 1.92. The van der Waals surface area contributed by atoms with Gasteiger partial charge in [-0.1, -0.05) is 23.7 Å². The Kier molecular flexibility index (Phi) is 5.97. The molecule has 2 aromatic carbocycles. The summed E-state index contributed by atoms with van der Waals surface area (Å²) < 4.78 is 5.12. The molecule has 0 bridgehead atoms. The van der Waals surface area contributed by atoms with E-state index in [4.69, 9.17) is 16.3 Å². The standard InChI is InChI=1S/C16H16ClN3O4/c1-24-15-7-6-13(20(22)23)8-14(15)18-10-16(21)19-9-11-2-4-12(17)5-3-11/h2-8,18H,9-10H2,1H3,(H,19,21). The zero-order valence-corrected chi connectivity index (χ0v) is 13.7. The molecule has 0 saturated carbocycles. The average molecular weight is 350 g/mol. The van der Waals surface area contributed by atoms with Gasteiger partial charge in [0.25, 0.3) is 5.69 Å². The molecule has 7 nitrogen and oxygen atoms in total. The van der Waals surface area contributed by atoms with Crippen molar-refractivity contribution in [1.82, 2.24) is 5.32 Å². The summed E-state index contributed by atoms with van der Waals surface area (Å²) in [6, 6.07) is 11.3. The van der Waals surface area contributed by atoms with Gasteiger partial charge in [0.15, 0.2) is 0 Å². The van der Waals surface area contributed by atoms with Crippen LogP contribution in [0.15, 0.2) is 42.5 Å². The second kappa shape index (κ2) is 8.16. The van der Waals surface area contributed by atoms with Crippen LogP contribution in [0.5, 0.6) is 5.75 Å². The van der Waals surface area contributed by atoms with E-state index in [1.165, 1.54) is 25.3 Å². The van der Waals surface area contributed by atoms with Crippen LogP contribution in [0, 0.1) is 10.1 Å². The minimum absolute atomic E-state index is 0.0366. The fourth-order valence-corrected chi connectivity index (χ4v) is 2.11. The first-order chi connectivity index (χ1) is 11.5.